The van der Waals surface area contributed by atoms with E-state index in [1.54, 1.807) is 14.2 Å². The maximum Gasteiger partial charge on any atom is 0.160 e. The fraction of sp³-hybridized carbons (Fsp3) is 0.538. The summed E-state index contributed by atoms with van der Waals surface area (Å²) in [6, 6.07) is 11.8. The number of ether oxygens (including phenoxy) is 3. The SMILES string of the molecule is COc1ccc(CCNCC(O)COc2cccc3c2[C@@H]2CCCCC[C@]32O)cc1OC. The molecule has 0 heterocycles. The van der Waals surface area contributed by atoms with Crippen LogP contribution < -0.4 is 19.5 Å². The lowest BCUT2D eigenvalue weighted by atomic mass is 9.61. The molecule has 0 bridgehead atoms. The van der Waals surface area contributed by atoms with Gasteiger partial charge < -0.3 is 29.7 Å². The third-order valence-electron chi connectivity index (χ3n) is 6.86. The van der Waals surface area contributed by atoms with E-state index in [2.05, 4.69) is 5.32 Å². The van der Waals surface area contributed by atoms with E-state index in [4.69, 9.17) is 14.2 Å². The van der Waals surface area contributed by atoms with Crippen LogP contribution in [0.5, 0.6) is 17.2 Å². The Bertz CT molecular complexity index is 917. The Balaban J connectivity index is 1.25. The van der Waals surface area contributed by atoms with Gasteiger partial charge in [0, 0.05) is 18.0 Å². The third kappa shape index (κ3) is 4.58. The Kier molecular flexibility index (Phi) is 7.23. The van der Waals surface area contributed by atoms with Crippen LogP contribution in [0, 0.1) is 0 Å². The topological polar surface area (TPSA) is 80.2 Å². The molecule has 1 unspecified atom stereocenters. The van der Waals surface area contributed by atoms with Gasteiger partial charge >= 0.3 is 0 Å². The van der Waals surface area contributed by atoms with E-state index in [1.807, 2.05) is 36.4 Å². The van der Waals surface area contributed by atoms with Gasteiger partial charge in [-0.1, -0.05) is 37.5 Å². The molecule has 2 aliphatic carbocycles. The van der Waals surface area contributed by atoms with Crippen LogP contribution in [0.2, 0.25) is 0 Å². The summed E-state index contributed by atoms with van der Waals surface area (Å²) >= 11 is 0. The first kappa shape index (κ1) is 22.9. The highest BCUT2D eigenvalue weighted by molar-refractivity contribution is 5.55. The van der Waals surface area contributed by atoms with Crippen LogP contribution >= 0.6 is 0 Å². The minimum Gasteiger partial charge on any atom is -0.493 e. The number of hydrogen-bond acceptors (Lipinski definition) is 6. The van der Waals surface area contributed by atoms with Crippen molar-refractivity contribution >= 4 is 0 Å². The normalized spacial score (nSPS) is 22.7. The molecule has 0 saturated heterocycles. The lowest BCUT2D eigenvalue weighted by molar-refractivity contribution is -0.0291. The Hall–Kier alpha value is -2.28. The molecule has 2 aliphatic rings. The fourth-order valence-electron chi connectivity index (χ4n) is 5.15. The van der Waals surface area contributed by atoms with E-state index in [9.17, 15) is 10.2 Å². The van der Waals surface area contributed by atoms with E-state index < -0.39 is 11.7 Å². The van der Waals surface area contributed by atoms with E-state index in [1.165, 1.54) is 6.42 Å². The summed E-state index contributed by atoms with van der Waals surface area (Å²) < 4.78 is 16.6. The minimum atomic E-state index is -0.685. The first-order valence-corrected chi connectivity index (χ1v) is 11.6. The molecule has 3 atom stereocenters. The van der Waals surface area contributed by atoms with Crippen molar-refractivity contribution in [3.05, 3.63) is 53.1 Å². The zero-order valence-corrected chi connectivity index (χ0v) is 19.1. The molecule has 174 valence electrons. The van der Waals surface area contributed by atoms with Crippen molar-refractivity contribution in [2.75, 3.05) is 33.9 Å². The summed E-state index contributed by atoms with van der Waals surface area (Å²) in [7, 11) is 3.26. The van der Waals surface area contributed by atoms with Crippen LogP contribution in [0.15, 0.2) is 36.4 Å². The van der Waals surface area contributed by atoms with Crippen molar-refractivity contribution in [2.24, 2.45) is 0 Å². The highest BCUT2D eigenvalue weighted by atomic mass is 16.5. The number of aliphatic hydroxyl groups is 2. The van der Waals surface area contributed by atoms with Crippen LogP contribution in [-0.2, 0) is 12.0 Å². The van der Waals surface area contributed by atoms with Gasteiger partial charge in [-0.2, -0.15) is 0 Å². The molecule has 0 radical (unpaired) electrons. The number of rotatable bonds is 10. The van der Waals surface area contributed by atoms with Crippen molar-refractivity contribution in [1.29, 1.82) is 0 Å². The van der Waals surface area contributed by atoms with E-state index >= 15 is 0 Å². The number of fused-ring (bicyclic) bond motifs is 4. The molecule has 0 aliphatic heterocycles. The highest BCUT2D eigenvalue weighted by Crippen LogP contribution is 2.59. The van der Waals surface area contributed by atoms with Gasteiger partial charge in [0.05, 0.1) is 19.8 Å². The molecule has 2 aromatic rings. The molecular weight excluding hydrogens is 406 g/mol. The monoisotopic (exact) mass is 441 g/mol. The lowest BCUT2D eigenvalue weighted by Gasteiger charge is -2.47. The van der Waals surface area contributed by atoms with Gasteiger partial charge in [0.15, 0.2) is 11.5 Å². The van der Waals surface area contributed by atoms with Crippen molar-refractivity contribution in [3.8, 4) is 17.2 Å². The van der Waals surface area contributed by atoms with Crippen molar-refractivity contribution < 1.29 is 24.4 Å². The molecule has 2 aromatic carbocycles. The molecule has 0 amide bonds. The summed E-state index contributed by atoms with van der Waals surface area (Å²) in [5.41, 5.74) is 2.62. The Morgan fingerprint density at radius 1 is 1.06 bits per heavy atom. The van der Waals surface area contributed by atoms with Crippen LogP contribution in [0.3, 0.4) is 0 Å². The predicted molar refractivity (Wildman–Crippen MR) is 124 cm³/mol. The quantitative estimate of drug-likeness (QED) is 0.490. The van der Waals surface area contributed by atoms with Gasteiger partial charge in [-0.25, -0.2) is 0 Å². The molecule has 6 nitrogen and oxygen atoms in total. The molecule has 1 saturated carbocycles. The van der Waals surface area contributed by atoms with Crippen LogP contribution in [-0.4, -0.2) is 50.2 Å². The molecule has 1 fully saturated rings. The second kappa shape index (κ2) is 10.1. The first-order chi connectivity index (χ1) is 15.6. The maximum atomic E-state index is 11.1. The molecule has 0 aromatic heterocycles. The second-order valence-electron chi connectivity index (χ2n) is 8.90. The molecule has 4 rings (SSSR count). The Morgan fingerprint density at radius 3 is 2.72 bits per heavy atom. The summed E-state index contributed by atoms with van der Waals surface area (Å²) in [6.07, 6.45) is 5.45. The fourth-order valence-corrected chi connectivity index (χ4v) is 5.15. The standard InChI is InChI=1S/C26H35NO5/c1-30-22-11-10-18(15-24(22)31-2)12-14-27-16-19(28)17-32-23-9-6-8-21-25(23)20-7-4-3-5-13-26(20,21)29/h6,8-11,15,19-20,27-29H,3-5,7,12-14,16-17H2,1-2H3/t19?,20-,26+/m0/s1. The van der Waals surface area contributed by atoms with Crippen molar-refractivity contribution in [1.82, 2.24) is 5.32 Å². The predicted octanol–water partition coefficient (Wildman–Crippen LogP) is 3.52. The third-order valence-corrected chi connectivity index (χ3v) is 6.86. The lowest BCUT2D eigenvalue weighted by Crippen LogP contribution is -2.43. The maximum absolute atomic E-state index is 11.1. The number of hydrogen-bond donors (Lipinski definition) is 3. The smallest absolute Gasteiger partial charge is 0.160 e. The average molecular weight is 442 g/mol. The molecule has 6 heteroatoms. The molecule has 0 spiro atoms. The van der Waals surface area contributed by atoms with E-state index in [0.29, 0.717) is 6.54 Å². The van der Waals surface area contributed by atoms with Crippen molar-refractivity contribution in [2.45, 2.75) is 56.1 Å². The van der Waals surface area contributed by atoms with Gasteiger partial charge in [-0.3, -0.25) is 0 Å². The number of aliphatic hydroxyl groups excluding tert-OH is 1. The van der Waals surface area contributed by atoms with Gasteiger partial charge in [0.25, 0.3) is 0 Å². The molecule has 3 N–H and O–H groups in total. The number of benzene rings is 2. The number of methoxy groups -OCH3 is 2. The number of nitrogens with one attached hydrogen (secondary N) is 1. The molecular formula is C26H35NO5. The largest absolute Gasteiger partial charge is 0.493 e. The zero-order chi connectivity index (χ0) is 22.6. The van der Waals surface area contributed by atoms with Gasteiger partial charge in [-0.05, 0) is 55.1 Å². The minimum absolute atomic E-state index is 0.160. The van der Waals surface area contributed by atoms with Crippen molar-refractivity contribution in [3.63, 3.8) is 0 Å². The summed E-state index contributed by atoms with van der Waals surface area (Å²) in [5, 5.41) is 24.8. The Morgan fingerprint density at radius 2 is 1.91 bits per heavy atom. The van der Waals surface area contributed by atoms with Crippen LogP contribution in [0.25, 0.3) is 0 Å². The van der Waals surface area contributed by atoms with Crippen LogP contribution in [0.1, 0.15) is 54.7 Å². The second-order valence-corrected chi connectivity index (χ2v) is 8.90. The summed E-state index contributed by atoms with van der Waals surface area (Å²) in [4.78, 5) is 0. The summed E-state index contributed by atoms with van der Waals surface area (Å²) in [5.74, 6) is 2.41. The van der Waals surface area contributed by atoms with Gasteiger partial charge in [0.1, 0.15) is 18.5 Å². The van der Waals surface area contributed by atoms with E-state index in [-0.39, 0.29) is 12.5 Å². The average Bonchev–Trinajstić information content (AvgIpc) is 2.98. The molecule has 32 heavy (non-hydrogen) atoms. The zero-order valence-electron chi connectivity index (χ0n) is 19.1. The van der Waals surface area contributed by atoms with Gasteiger partial charge in [-0.15, -0.1) is 0 Å². The summed E-state index contributed by atoms with van der Waals surface area (Å²) in [6.45, 7) is 1.42. The van der Waals surface area contributed by atoms with Crippen LogP contribution in [0.4, 0.5) is 0 Å². The Labute approximate surface area is 190 Å². The van der Waals surface area contributed by atoms with Gasteiger partial charge in [0.2, 0.25) is 0 Å². The van der Waals surface area contributed by atoms with E-state index in [0.717, 1.165) is 72.6 Å². The highest BCUT2D eigenvalue weighted by Gasteiger charge is 2.52. The first-order valence-electron chi connectivity index (χ1n) is 11.6.